The topological polar surface area (TPSA) is 45.7 Å². The summed E-state index contributed by atoms with van der Waals surface area (Å²) in [4.78, 5) is 4.32. The van der Waals surface area contributed by atoms with Crippen LogP contribution in [0.5, 0.6) is 0 Å². The predicted molar refractivity (Wildman–Crippen MR) is 105 cm³/mol. The van der Waals surface area contributed by atoms with Crippen LogP contribution in [0.4, 0.5) is 0 Å². The average molecular weight is 350 g/mol. The van der Waals surface area contributed by atoms with Crippen molar-refractivity contribution in [1.29, 1.82) is 0 Å². The summed E-state index contributed by atoms with van der Waals surface area (Å²) in [5, 5.41) is 7.56. The van der Waals surface area contributed by atoms with Crippen LogP contribution in [-0.2, 0) is 17.9 Å². The first-order valence-corrected chi connectivity index (χ1v) is 9.79. The number of hydrogen-bond acceptors (Lipinski definition) is 3. The lowest BCUT2D eigenvalue weighted by molar-refractivity contribution is -0.0149. The second kappa shape index (κ2) is 9.33. The van der Waals surface area contributed by atoms with Gasteiger partial charge in [0.25, 0.3) is 0 Å². The third-order valence-electron chi connectivity index (χ3n) is 3.87. The lowest BCUT2D eigenvalue weighted by atomic mass is 10.1. The van der Waals surface area contributed by atoms with Crippen molar-refractivity contribution in [2.75, 3.05) is 19.3 Å². The predicted octanol–water partition coefficient (Wildman–Crippen LogP) is 3.56. The first-order valence-electron chi connectivity index (χ1n) is 8.74. The first kappa shape index (κ1) is 19.1. The van der Waals surface area contributed by atoms with Crippen molar-refractivity contribution in [1.82, 2.24) is 10.6 Å². The van der Waals surface area contributed by atoms with Crippen molar-refractivity contribution < 1.29 is 4.74 Å². The molecule has 0 amide bonds. The van der Waals surface area contributed by atoms with Gasteiger partial charge in [-0.2, -0.15) is 11.8 Å². The highest BCUT2D eigenvalue weighted by molar-refractivity contribution is 8.00. The Morgan fingerprint density at radius 3 is 2.75 bits per heavy atom. The molecular weight excluding hydrogens is 318 g/mol. The van der Waals surface area contributed by atoms with E-state index in [4.69, 9.17) is 4.74 Å². The molecule has 1 fully saturated rings. The van der Waals surface area contributed by atoms with E-state index in [0.717, 1.165) is 24.3 Å². The molecule has 2 rings (SSSR count). The molecule has 1 unspecified atom stereocenters. The summed E-state index contributed by atoms with van der Waals surface area (Å²) in [5.74, 6) is 2.17. The summed E-state index contributed by atoms with van der Waals surface area (Å²) < 4.78 is 5.85. The van der Waals surface area contributed by atoms with Gasteiger partial charge in [-0.05, 0) is 50.5 Å². The van der Waals surface area contributed by atoms with E-state index in [2.05, 4.69) is 72.4 Å². The van der Waals surface area contributed by atoms with Gasteiger partial charge in [-0.25, -0.2) is 0 Å². The van der Waals surface area contributed by atoms with E-state index in [1.165, 1.54) is 29.7 Å². The number of guanidine groups is 1. The van der Waals surface area contributed by atoms with Crippen LogP contribution in [0, 0.1) is 0 Å². The summed E-state index contributed by atoms with van der Waals surface area (Å²) in [5.41, 5.74) is 2.33. The van der Waals surface area contributed by atoms with Gasteiger partial charge in [0.15, 0.2) is 5.96 Å². The molecule has 1 aromatic rings. The molecule has 134 valence electrons. The number of nitrogens with zero attached hydrogens (tertiary/aromatic N) is 1. The van der Waals surface area contributed by atoms with Gasteiger partial charge in [0, 0.05) is 25.4 Å². The molecule has 1 aromatic carbocycles. The van der Waals surface area contributed by atoms with Gasteiger partial charge in [-0.3, -0.25) is 4.99 Å². The Bertz CT molecular complexity index is 534. The number of hydrogen-bond donors (Lipinski definition) is 2. The van der Waals surface area contributed by atoms with Crippen molar-refractivity contribution in [3.8, 4) is 0 Å². The second-order valence-corrected chi connectivity index (χ2v) is 8.57. The van der Waals surface area contributed by atoms with E-state index >= 15 is 0 Å². The minimum absolute atomic E-state index is 0.113. The van der Waals surface area contributed by atoms with Crippen LogP contribution in [-0.4, -0.2) is 36.2 Å². The van der Waals surface area contributed by atoms with Crippen LogP contribution in [0.15, 0.2) is 29.3 Å². The quantitative estimate of drug-likeness (QED) is 0.609. The fraction of sp³-hybridized carbons (Fsp3) is 0.632. The van der Waals surface area contributed by atoms with E-state index in [1.807, 2.05) is 7.05 Å². The van der Waals surface area contributed by atoms with Crippen LogP contribution in [0.3, 0.4) is 0 Å². The highest BCUT2D eigenvalue weighted by Gasteiger charge is 2.15. The summed E-state index contributed by atoms with van der Waals surface area (Å²) in [6.07, 6.45) is 2.65. The highest BCUT2D eigenvalue weighted by atomic mass is 32.2. The molecule has 1 atom stereocenters. The lowest BCUT2D eigenvalue weighted by Gasteiger charge is -2.20. The Labute approximate surface area is 150 Å². The van der Waals surface area contributed by atoms with E-state index in [1.54, 1.807) is 0 Å². The number of nitrogens with one attached hydrogen (secondary N) is 2. The Hall–Kier alpha value is -1.20. The fourth-order valence-corrected chi connectivity index (χ4v) is 3.75. The number of benzene rings is 1. The Morgan fingerprint density at radius 2 is 2.08 bits per heavy atom. The minimum atomic E-state index is -0.113. The molecule has 1 saturated heterocycles. The van der Waals surface area contributed by atoms with Crippen LogP contribution in [0.25, 0.3) is 0 Å². The standard InChI is InChI=1S/C19H31N3OS/c1-19(2,3)23-14-16-8-5-7-15(11-16)12-21-18(20-4)22-13-17-9-6-10-24-17/h5,7-8,11,17H,6,9-10,12-14H2,1-4H3,(H2,20,21,22). The van der Waals surface area contributed by atoms with E-state index < -0.39 is 0 Å². The zero-order valence-electron chi connectivity index (χ0n) is 15.4. The van der Waals surface area contributed by atoms with Crippen LogP contribution in [0.1, 0.15) is 44.7 Å². The number of aliphatic imine (C=N–C) groups is 1. The van der Waals surface area contributed by atoms with Gasteiger partial charge in [0.1, 0.15) is 0 Å². The maximum absolute atomic E-state index is 5.85. The molecule has 0 aromatic heterocycles. The lowest BCUT2D eigenvalue weighted by Crippen LogP contribution is -2.39. The smallest absolute Gasteiger partial charge is 0.191 e. The van der Waals surface area contributed by atoms with Crippen LogP contribution >= 0.6 is 11.8 Å². The first-order chi connectivity index (χ1) is 11.5. The maximum Gasteiger partial charge on any atom is 0.191 e. The highest BCUT2D eigenvalue weighted by Crippen LogP contribution is 2.25. The third kappa shape index (κ3) is 7.14. The molecule has 0 aliphatic carbocycles. The van der Waals surface area contributed by atoms with Crippen molar-refractivity contribution in [3.05, 3.63) is 35.4 Å². The van der Waals surface area contributed by atoms with Gasteiger partial charge in [0.05, 0.1) is 12.2 Å². The van der Waals surface area contributed by atoms with Crippen molar-refractivity contribution >= 4 is 17.7 Å². The van der Waals surface area contributed by atoms with Gasteiger partial charge in [0.2, 0.25) is 0 Å². The van der Waals surface area contributed by atoms with E-state index in [0.29, 0.717) is 6.61 Å². The Balaban J connectivity index is 1.79. The van der Waals surface area contributed by atoms with Crippen molar-refractivity contribution in [3.63, 3.8) is 0 Å². The SMILES string of the molecule is CN=C(NCc1cccc(COC(C)(C)C)c1)NCC1CCCS1. The van der Waals surface area contributed by atoms with Crippen molar-refractivity contribution in [2.45, 2.75) is 57.6 Å². The zero-order chi connectivity index (χ0) is 17.4. The van der Waals surface area contributed by atoms with Crippen LogP contribution in [0.2, 0.25) is 0 Å². The fourth-order valence-electron chi connectivity index (χ4n) is 2.55. The monoisotopic (exact) mass is 349 g/mol. The third-order valence-corrected chi connectivity index (χ3v) is 5.27. The Morgan fingerprint density at radius 1 is 1.29 bits per heavy atom. The average Bonchev–Trinajstić information content (AvgIpc) is 3.06. The molecule has 0 bridgehead atoms. The molecule has 0 saturated carbocycles. The molecular formula is C19H31N3OS. The van der Waals surface area contributed by atoms with Crippen LogP contribution < -0.4 is 10.6 Å². The van der Waals surface area contributed by atoms with E-state index in [-0.39, 0.29) is 5.60 Å². The Kier molecular flexibility index (Phi) is 7.43. The largest absolute Gasteiger partial charge is 0.371 e. The number of ether oxygens (including phenoxy) is 1. The molecule has 1 heterocycles. The minimum Gasteiger partial charge on any atom is -0.371 e. The molecule has 2 N–H and O–H groups in total. The number of rotatable bonds is 6. The summed E-state index contributed by atoms with van der Waals surface area (Å²) >= 11 is 2.06. The molecule has 1 aliphatic heterocycles. The van der Waals surface area contributed by atoms with Gasteiger partial charge in [-0.15, -0.1) is 0 Å². The maximum atomic E-state index is 5.85. The summed E-state index contributed by atoms with van der Waals surface area (Å²) in [6, 6.07) is 8.52. The molecule has 0 radical (unpaired) electrons. The zero-order valence-corrected chi connectivity index (χ0v) is 16.2. The number of thioether (sulfide) groups is 1. The normalized spacial score (nSPS) is 18.7. The molecule has 1 aliphatic rings. The van der Waals surface area contributed by atoms with E-state index in [9.17, 15) is 0 Å². The summed E-state index contributed by atoms with van der Waals surface area (Å²) in [7, 11) is 1.82. The van der Waals surface area contributed by atoms with Gasteiger partial charge in [-0.1, -0.05) is 24.3 Å². The molecule has 5 heteroatoms. The van der Waals surface area contributed by atoms with Gasteiger partial charge >= 0.3 is 0 Å². The molecule has 0 spiro atoms. The second-order valence-electron chi connectivity index (χ2n) is 7.16. The molecule has 24 heavy (non-hydrogen) atoms. The summed E-state index contributed by atoms with van der Waals surface area (Å²) in [6.45, 7) is 8.64. The van der Waals surface area contributed by atoms with Gasteiger partial charge < -0.3 is 15.4 Å². The molecule has 4 nitrogen and oxygen atoms in total. The van der Waals surface area contributed by atoms with Crippen molar-refractivity contribution in [2.24, 2.45) is 4.99 Å².